The average Bonchev–Trinajstić information content (AvgIpc) is 3.24. The van der Waals surface area contributed by atoms with E-state index in [1.807, 2.05) is 24.3 Å². The van der Waals surface area contributed by atoms with Crippen LogP contribution in [0.25, 0.3) is 16.8 Å². The fraction of sp³-hybridized carbons (Fsp3) is 0.263. The van der Waals surface area contributed by atoms with Crippen molar-refractivity contribution in [1.29, 1.82) is 5.26 Å². The lowest BCUT2D eigenvalue weighted by atomic mass is 10.0. The summed E-state index contributed by atoms with van der Waals surface area (Å²) in [5.74, 6) is 0.403. The van der Waals surface area contributed by atoms with Gasteiger partial charge in [-0.05, 0) is 40.3 Å². The predicted octanol–water partition coefficient (Wildman–Crippen LogP) is 2.79. The molecule has 1 aromatic heterocycles. The van der Waals surface area contributed by atoms with Gasteiger partial charge in [-0.25, -0.2) is 9.07 Å². The standard InChI is InChI=1S/C19H17FN6O/c20-19-11-15(26-13-22-23-24-26)3-6-18(19)14-1-4-16(5-2-14)27-17-7-9-25(12-21)10-8-17/h1-6,11,13,17H,7-10H2. The second-order valence-electron chi connectivity index (χ2n) is 6.35. The minimum atomic E-state index is -0.347. The largest absolute Gasteiger partial charge is 0.490 e. The third kappa shape index (κ3) is 3.72. The number of benzene rings is 2. The van der Waals surface area contributed by atoms with Gasteiger partial charge in [0.15, 0.2) is 6.19 Å². The molecule has 0 spiro atoms. The van der Waals surface area contributed by atoms with Crippen LogP contribution < -0.4 is 4.74 Å². The van der Waals surface area contributed by atoms with Crippen molar-refractivity contribution < 1.29 is 9.13 Å². The van der Waals surface area contributed by atoms with E-state index in [1.165, 1.54) is 17.1 Å². The number of halogens is 1. The monoisotopic (exact) mass is 364 g/mol. The van der Waals surface area contributed by atoms with Crippen LogP contribution in [0, 0.1) is 17.3 Å². The zero-order valence-corrected chi connectivity index (χ0v) is 14.5. The maximum atomic E-state index is 14.5. The molecule has 2 heterocycles. The molecule has 4 rings (SSSR count). The molecule has 0 bridgehead atoms. The van der Waals surface area contributed by atoms with E-state index >= 15 is 0 Å². The number of likely N-dealkylation sites (tertiary alicyclic amines) is 1. The van der Waals surface area contributed by atoms with E-state index in [9.17, 15) is 4.39 Å². The summed E-state index contributed by atoms with van der Waals surface area (Å²) >= 11 is 0. The van der Waals surface area contributed by atoms with Crippen LogP contribution in [0.15, 0.2) is 48.8 Å². The molecule has 0 radical (unpaired) electrons. The molecule has 1 saturated heterocycles. The second-order valence-corrected chi connectivity index (χ2v) is 6.35. The summed E-state index contributed by atoms with van der Waals surface area (Å²) in [6, 6.07) is 12.3. The highest BCUT2D eigenvalue weighted by Gasteiger charge is 2.19. The Morgan fingerprint density at radius 3 is 2.52 bits per heavy atom. The Kier molecular flexibility index (Phi) is 4.66. The summed E-state index contributed by atoms with van der Waals surface area (Å²) in [5.41, 5.74) is 1.83. The highest BCUT2D eigenvalue weighted by atomic mass is 19.1. The molecule has 1 aliphatic rings. The van der Waals surface area contributed by atoms with Gasteiger partial charge in [0, 0.05) is 37.6 Å². The Hall–Kier alpha value is -3.47. The number of piperidine rings is 1. The summed E-state index contributed by atoms with van der Waals surface area (Å²) in [4.78, 5) is 1.74. The Labute approximate surface area is 155 Å². The number of nitriles is 1. The Morgan fingerprint density at radius 2 is 1.89 bits per heavy atom. The van der Waals surface area contributed by atoms with E-state index in [1.54, 1.807) is 17.0 Å². The summed E-state index contributed by atoms with van der Waals surface area (Å²) in [5, 5.41) is 19.8. The van der Waals surface area contributed by atoms with E-state index in [-0.39, 0.29) is 11.9 Å². The van der Waals surface area contributed by atoms with Crippen LogP contribution in [0.5, 0.6) is 5.75 Å². The molecular formula is C19H17FN6O. The van der Waals surface area contributed by atoms with Crippen molar-refractivity contribution >= 4 is 0 Å². The first kappa shape index (κ1) is 17.0. The summed E-state index contributed by atoms with van der Waals surface area (Å²) in [7, 11) is 0. The van der Waals surface area contributed by atoms with Crippen molar-refractivity contribution in [3.05, 3.63) is 54.6 Å². The van der Waals surface area contributed by atoms with Gasteiger partial charge in [0.2, 0.25) is 0 Å². The van der Waals surface area contributed by atoms with E-state index < -0.39 is 0 Å². The van der Waals surface area contributed by atoms with Crippen molar-refractivity contribution in [2.75, 3.05) is 13.1 Å². The second kappa shape index (κ2) is 7.41. The van der Waals surface area contributed by atoms with E-state index in [0.717, 1.165) is 37.2 Å². The molecule has 3 aromatic rings. The van der Waals surface area contributed by atoms with Gasteiger partial charge in [-0.2, -0.15) is 5.26 Å². The molecule has 1 aliphatic heterocycles. The van der Waals surface area contributed by atoms with Crippen molar-refractivity contribution in [3.8, 4) is 28.8 Å². The smallest absolute Gasteiger partial charge is 0.179 e. The minimum Gasteiger partial charge on any atom is -0.490 e. The van der Waals surface area contributed by atoms with E-state index in [0.29, 0.717) is 11.3 Å². The number of nitrogens with zero attached hydrogens (tertiary/aromatic N) is 6. The Bertz CT molecular complexity index is 943. The molecule has 0 N–H and O–H groups in total. The molecule has 8 heteroatoms. The quantitative estimate of drug-likeness (QED) is 0.662. The molecule has 2 aromatic carbocycles. The third-order valence-corrected chi connectivity index (χ3v) is 4.62. The zero-order valence-electron chi connectivity index (χ0n) is 14.5. The van der Waals surface area contributed by atoms with Crippen molar-refractivity contribution in [2.24, 2.45) is 0 Å². The van der Waals surface area contributed by atoms with Gasteiger partial charge in [0.1, 0.15) is 24.0 Å². The van der Waals surface area contributed by atoms with Crippen LogP contribution in [0.1, 0.15) is 12.8 Å². The van der Waals surface area contributed by atoms with E-state index in [4.69, 9.17) is 10.00 Å². The summed E-state index contributed by atoms with van der Waals surface area (Å²) in [6.07, 6.45) is 5.33. The Morgan fingerprint density at radius 1 is 1.11 bits per heavy atom. The van der Waals surface area contributed by atoms with Crippen LogP contribution in [0.4, 0.5) is 4.39 Å². The lowest BCUT2D eigenvalue weighted by Gasteiger charge is -2.28. The molecule has 0 unspecified atom stereocenters. The fourth-order valence-corrected chi connectivity index (χ4v) is 3.14. The van der Waals surface area contributed by atoms with Gasteiger partial charge in [-0.15, -0.1) is 5.10 Å². The van der Waals surface area contributed by atoms with Crippen LogP contribution >= 0.6 is 0 Å². The number of rotatable bonds is 4. The molecule has 136 valence electrons. The number of tetrazole rings is 1. The topological polar surface area (TPSA) is 79.9 Å². The molecule has 27 heavy (non-hydrogen) atoms. The normalized spacial score (nSPS) is 14.7. The number of hydrogen-bond donors (Lipinski definition) is 0. The maximum absolute atomic E-state index is 14.5. The highest BCUT2D eigenvalue weighted by Crippen LogP contribution is 2.27. The predicted molar refractivity (Wildman–Crippen MR) is 95.4 cm³/mol. The average molecular weight is 364 g/mol. The van der Waals surface area contributed by atoms with Crippen LogP contribution in [-0.2, 0) is 0 Å². The summed E-state index contributed by atoms with van der Waals surface area (Å²) in [6.45, 7) is 1.44. The molecule has 0 saturated carbocycles. The first-order valence-electron chi connectivity index (χ1n) is 8.67. The molecule has 0 amide bonds. The van der Waals surface area contributed by atoms with Crippen molar-refractivity contribution in [2.45, 2.75) is 18.9 Å². The molecule has 1 fully saturated rings. The Balaban J connectivity index is 1.45. The molecule has 0 aliphatic carbocycles. The van der Waals surface area contributed by atoms with Crippen molar-refractivity contribution in [3.63, 3.8) is 0 Å². The van der Waals surface area contributed by atoms with Gasteiger partial charge in [-0.1, -0.05) is 12.1 Å². The molecule has 0 atom stereocenters. The minimum absolute atomic E-state index is 0.104. The lowest BCUT2D eigenvalue weighted by Crippen LogP contribution is -2.35. The highest BCUT2D eigenvalue weighted by molar-refractivity contribution is 5.66. The van der Waals surface area contributed by atoms with Crippen LogP contribution in [-0.4, -0.2) is 44.3 Å². The van der Waals surface area contributed by atoms with Crippen molar-refractivity contribution in [1.82, 2.24) is 25.1 Å². The first-order valence-corrected chi connectivity index (χ1v) is 8.67. The number of ether oxygens (including phenoxy) is 1. The van der Waals surface area contributed by atoms with Gasteiger partial charge >= 0.3 is 0 Å². The van der Waals surface area contributed by atoms with Crippen LogP contribution in [0.2, 0.25) is 0 Å². The maximum Gasteiger partial charge on any atom is 0.179 e. The zero-order chi connectivity index (χ0) is 18.6. The van der Waals surface area contributed by atoms with Gasteiger partial charge in [0.05, 0.1) is 5.69 Å². The van der Waals surface area contributed by atoms with E-state index in [2.05, 4.69) is 21.7 Å². The molecule has 7 nitrogen and oxygen atoms in total. The first-order chi connectivity index (χ1) is 13.2. The van der Waals surface area contributed by atoms with Gasteiger partial charge in [-0.3, -0.25) is 0 Å². The number of aromatic nitrogens is 4. The van der Waals surface area contributed by atoms with Crippen LogP contribution in [0.3, 0.4) is 0 Å². The van der Waals surface area contributed by atoms with Gasteiger partial charge in [0.25, 0.3) is 0 Å². The fourth-order valence-electron chi connectivity index (χ4n) is 3.14. The lowest BCUT2D eigenvalue weighted by molar-refractivity contribution is 0.126. The number of hydrogen-bond acceptors (Lipinski definition) is 6. The third-order valence-electron chi connectivity index (χ3n) is 4.62. The molecular weight excluding hydrogens is 347 g/mol. The summed E-state index contributed by atoms with van der Waals surface area (Å²) < 4.78 is 21.9. The SMILES string of the molecule is N#CN1CCC(Oc2ccc(-c3ccc(-n4cnnn4)cc3F)cc2)CC1. The van der Waals surface area contributed by atoms with Gasteiger partial charge < -0.3 is 9.64 Å².